The molecule has 3 aromatic rings. The number of carbonyl (C=O) groups is 1. The zero-order chi connectivity index (χ0) is 17.8. The number of thiazole rings is 1. The highest BCUT2D eigenvalue weighted by Gasteiger charge is 2.28. The van der Waals surface area contributed by atoms with Crippen LogP contribution in [0.3, 0.4) is 0 Å². The van der Waals surface area contributed by atoms with Gasteiger partial charge in [0.05, 0.1) is 21.1 Å². The van der Waals surface area contributed by atoms with E-state index in [4.69, 9.17) is 4.98 Å². The molecule has 0 bridgehead atoms. The van der Waals surface area contributed by atoms with Gasteiger partial charge in [-0.1, -0.05) is 0 Å². The lowest BCUT2D eigenvalue weighted by atomic mass is 10.00. The van der Waals surface area contributed by atoms with Crippen LogP contribution >= 0.6 is 11.3 Å². The minimum Gasteiger partial charge on any atom is -0.312 e. The van der Waals surface area contributed by atoms with Gasteiger partial charge < -0.3 is 4.90 Å². The molecule has 0 unspecified atom stereocenters. The summed E-state index contributed by atoms with van der Waals surface area (Å²) >= 11 is 1.69. The van der Waals surface area contributed by atoms with Gasteiger partial charge in [0.1, 0.15) is 0 Å². The van der Waals surface area contributed by atoms with Crippen LogP contribution in [-0.2, 0) is 4.79 Å². The Balaban J connectivity index is 1.71. The Labute approximate surface area is 156 Å². The molecule has 26 heavy (non-hydrogen) atoms. The van der Waals surface area contributed by atoms with E-state index in [1.54, 1.807) is 11.3 Å². The van der Waals surface area contributed by atoms with Crippen LogP contribution in [0.15, 0.2) is 24.4 Å². The van der Waals surface area contributed by atoms with Crippen molar-refractivity contribution in [3.8, 4) is 10.6 Å². The van der Waals surface area contributed by atoms with E-state index in [-0.39, 0.29) is 5.91 Å². The molecule has 1 aliphatic heterocycles. The maximum atomic E-state index is 12.2. The highest BCUT2D eigenvalue weighted by molar-refractivity contribution is 7.15. The van der Waals surface area contributed by atoms with Gasteiger partial charge in [-0.3, -0.25) is 4.79 Å². The lowest BCUT2D eigenvalue weighted by Crippen LogP contribution is -2.24. The van der Waals surface area contributed by atoms with Crippen molar-refractivity contribution in [3.63, 3.8) is 0 Å². The number of rotatable bonds is 3. The number of benzene rings is 1. The Kier molecular flexibility index (Phi) is 3.60. The number of nitrogens with zero attached hydrogens (tertiary/aromatic N) is 3. The summed E-state index contributed by atoms with van der Waals surface area (Å²) in [5.74, 6) is 0.871. The standard InChI is InChI=1S/C21H21N3OS/c1-12-8-16-15(14-5-6-14)9-18(20-11-22-13(2)26-20)23-17(16)10-19(12)24-7-3-4-21(24)25/h8-11,14H,3-7H2,1-2H3. The number of amides is 1. The van der Waals surface area contributed by atoms with E-state index in [0.717, 1.165) is 45.3 Å². The van der Waals surface area contributed by atoms with Crippen molar-refractivity contribution in [2.75, 3.05) is 11.4 Å². The Bertz CT molecular complexity index is 1040. The first kappa shape index (κ1) is 15.9. The summed E-state index contributed by atoms with van der Waals surface area (Å²) in [7, 11) is 0. The van der Waals surface area contributed by atoms with Crippen molar-refractivity contribution < 1.29 is 4.79 Å². The van der Waals surface area contributed by atoms with Crippen molar-refractivity contribution in [2.45, 2.75) is 45.4 Å². The van der Waals surface area contributed by atoms with Gasteiger partial charge in [-0.25, -0.2) is 9.97 Å². The fourth-order valence-electron chi connectivity index (χ4n) is 3.93. The zero-order valence-corrected chi connectivity index (χ0v) is 15.9. The molecule has 0 atom stereocenters. The van der Waals surface area contributed by atoms with Crippen LogP contribution in [-0.4, -0.2) is 22.4 Å². The smallest absolute Gasteiger partial charge is 0.227 e. The first-order valence-corrected chi connectivity index (χ1v) is 10.1. The number of hydrogen-bond donors (Lipinski definition) is 0. The van der Waals surface area contributed by atoms with Crippen molar-refractivity contribution in [2.24, 2.45) is 0 Å². The summed E-state index contributed by atoms with van der Waals surface area (Å²) in [6.07, 6.45) is 6.02. The summed E-state index contributed by atoms with van der Waals surface area (Å²) in [5.41, 5.74) is 5.59. The molecule has 1 saturated carbocycles. The number of aromatic nitrogens is 2. The van der Waals surface area contributed by atoms with Crippen LogP contribution in [0.25, 0.3) is 21.5 Å². The van der Waals surface area contributed by atoms with Crippen LogP contribution < -0.4 is 4.90 Å². The van der Waals surface area contributed by atoms with Crippen molar-refractivity contribution in [1.29, 1.82) is 0 Å². The molecule has 2 aliphatic rings. The Morgan fingerprint density at radius 1 is 1.19 bits per heavy atom. The molecule has 1 aromatic carbocycles. The van der Waals surface area contributed by atoms with E-state index >= 15 is 0 Å². The summed E-state index contributed by atoms with van der Waals surface area (Å²) in [6, 6.07) is 6.61. The molecule has 132 valence electrons. The summed E-state index contributed by atoms with van der Waals surface area (Å²) < 4.78 is 0. The molecule has 1 saturated heterocycles. The maximum Gasteiger partial charge on any atom is 0.227 e. The second-order valence-electron chi connectivity index (χ2n) is 7.42. The van der Waals surface area contributed by atoms with Gasteiger partial charge in [0.25, 0.3) is 0 Å². The van der Waals surface area contributed by atoms with Gasteiger partial charge in [-0.15, -0.1) is 11.3 Å². The first-order valence-electron chi connectivity index (χ1n) is 9.28. The third-order valence-electron chi connectivity index (χ3n) is 5.41. The molecule has 0 radical (unpaired) electrons. The highest BCUT2D eigenvalue weighted by Crippen LogP contribution is 2.45. The zero-order valence-electron chi connectivity index (χ0n) is 15.1. The van der Waals surface area contributed by atoms with Crippen molar-refractivity contribution in [1.82, 2.24) is 9.97 Å². The average molecular weight is 363 g/mol. The second-order valence-corrected chi connectivity index (χ2v) is 8.65. The minimum absolute atomic E-state index is 0.226. The predicted octanol–water partition coefficient (Wildman–Crippen LogP) is 4.98. The fraction of sp³-hybridized carbons (Fsp3) is 0.381. The maximum absolute atomic E-state index is 12.2. The quantitative estimate of drug-likeness (QED) is 0.659. The number of fused-ring (bicyclic) bond motifs is 1. The Morgan fingerprint density at radius 2 is 2.04 bits per heavy atom. The van der Waals surface area contributed by atoms with Crippen LogP contribution in [0.4, 0.5) is 5.69 Å². The van der Waals surface area contributed by atoms with Gasteiger partial charge in [0, 0.05) is 30.2 Å². The molecule has 0 spiro atoms. The molecule has 5 heteroatoms. The third-order valence-corrected chi connectivity index (χ3v) is 6.35. The van der Waals surface area contributed by atoms with Crippen LogP contribution in [0.1, 0.15) is 47.7 Å². The van der Waals surface area contributed by atoms with Gasteiger partial charge >= 0.3 is 0 Å². The van der Waals surface area contributed by atoms with Gasteiger partial charge in [-0.05, 0) is 68.4 Å². The Hall–Kier alpha value is -2.27. The van der Waals surface area contributed by atoms with Crippen LogP contribution in [0.5, 0.6) is 0 Å². The largest absolute Gasteiger partial charge is 0.312 e. The third kappa shape index (κ3) is 2.62. The molecule has 4 nitrogen and oxygen atoms in total. The van der Waals surface area contributed by atoms with E-state index < -0.39 is 0 Å². The van der Waals surface area contributed by atoms with Crippen LogP contribution in [0, 0.1) is 13.8 Å². The topological polar surface area (TPSA) is 46.1 Å². The first-order chi connectivity index (χ1) is 12.6. The number of hydrogen-bond acceptors (Lipinski definition) is 4. The van der Waals surface area contributed by atoms with Crippen LogP contribution in [0.2, 0.25) is 0 Å². The summed E-state index contributed by atoms with van der Waals surface area (Å²) in [5, 5.41) is 2.30. The molecule has 1 amide bonds. The SMILES string of the molecule is Cc1ncc(-c2cc(C3CC3)c3cc(C)c(N4CCCC4=O)cc3n2)s1. The lowest BCUT2D eigenvalue weighted by molar-refractivity contribution is -0.117. The van der Waals surface area contributed by atoms with E-state index in [0.29, 0.717) is 12.3 Å². The number of carbonyl (C=O) groups excluding carboxylic acids is 1. The summed E-state index contributed by atoms with van der Waals surface area (Å²) in [4.78, 5) is 24.6. The normalized spacial score (nSPS) is 17.5. The average Bonchev–Trinajstić information content (AvgIpc) is 3.24. The molecule has 1 aliphatic carbocycles. The molecule has 2 aromatic heterocycles. The number of pyridine rings is 1. The molecule has 2 fully saturated rings. The van der Waals surface area contributed by atoms with E-state index in [1.165, 1.54) is 23.8 Å². The number of aryl methyl sites for hydroxylation is 2. The van der Waals surface area contributed by atoms with Crippen molar-refractivity contribution >= 4 is 33.8 Å². The van der Waals surface area contributed by atoms with E-state index in [2.05, 4.69) is 30.1 Å². The van der Waals surface area contributed by atoms with Gasteiger partial charge in [0.15, 0.2) is 0 Å². The van der Waals surface area contributed by atoms with E-state index in [1.807, 2.05) is 18.0 Å². The fourth-order valence-corrected chi connectivity index (χ4v) is 4.67. The summed E-state index contributed by atoms with van der Waals surface area (Å²) in [6.45, 7) is 4.95. The molecule has 0 N–H and O–H groups in total. The second kappa shape index (κ2) is 5.88. The monoisotopic (exact) mass is 363 g/mol. The van der Waals surface area contributed by atoms with Crippen molar-refractivity contribution in [3.05, 3.63) is 40.5 Å². The predicted molar refractivity (Wildman–Crippen MR) is 106 cm³/mol. The minimum atomic E-state index is 0.226. The molecule has 3 heterocycles. The highest BCUT2D eigenvalue weighted by atomic mass is 32.1. The number of anilines is 1. The molecular formula is C21H21N3OS. The van der Waals surface area contributed by atoms with E-state index in [9.17, 15) is 4.79 Å². The Morgan fingerprint density at radius 3 is 2.69 bits per heavy atom. The lowest BCUT2D eigenvalue weighted by Gasteiger charge is -2.20. The van der Waals surface area contributed by atoms with Gasteiger partial charge in [-0.2, -0.15) is 0 Å². The van der Waals surface area contributed by atoms with Gasteiger partial charge in [0.2, 0.25) is 5.91 Å². The molecular weight excluding hydrogens is 342 g/mol. The molecule has 5 rings (SSSR count).